The maximum Gasteiger partial charge on any atom is 0.229 e. The topological polar surface area (TPSA) is 58.6 Å². The number of benzene rings is 2. The van der Waals surface area contributed by atoms with Gasteiger partial charge in [0.15, 0.2) is 0 Å². The van der Waals surface area contributed by atoms with E-state index in [0.29, 0.717) is 13.2 Å². The van der Waals surface area contributed by atoms with E-state index in [2.05, 4.69) is 5.32 Å². The summed E-state index contributed by atoms with van der Waals surface area (Å²) in [6.45, 7) is 2.93. The van der Waals surface area contributed by atoms with E-state index in [9.17, 15) is 14.0 Å². The smallest absolute Gasteiger partial charge is 0.229 e. The first kappa shape index (κ1) is 17.9. The lowest BCUT2D eigenvalue weighted by atomic mass is 10.1. The maximum atomic E-state index is 12.9. The number of ether oxygens (including phenoxy) is 1. The van der Waals surface area contributed by atoms with E-state index in [1.54, 1.807) is 17.0 Å². The molecular formula is C20H21FN2O3. The van der Waals surface area contributed by atoms with Gasteiger partial charge in [0.1, 0.15) is 11.6 Å². The van der Waals surface area contributed by atoms with E-state index in [1.807, 2.05) is 31.2 Å². The average Bonchev–Trinajstić information content (AvgIpc) is 2.98. The number of hydrogen-bond acceptors (Lipinski definition) is 3. The van der Waals surface area contributed by atoms with Gasteiger partial charge in [-0.25, -0.2) is 4.39 Å². The Bertz CT molecular complexity index is 775. The summed E-state index contributed by atoms with van der Waals surface area (Å²) in [5, 5.41) is 2.88. The van der Waals surface area contributed by atoms with Crippen molar-refractivity contribution in [2.45, 2.75) is 25.8 Å². The molecule has 136 valence electrons. The summed E-state index contributed by atoms with van der Waals surface area (Å²) in [4.78, 5) is 26.1. The van der Waals surface area contributed by atoms with E-state index in [0.717, 1.165) is 17.0 Å². The number of halogens is 1. The number of anilines is 1. The van der Waals surface area contributed by atoms with Crippen LogP contribution in [0, 0.1) is 5.82 Å². The van der Waals surface area contributed by atoms with Crippen molar-refractivity contribution in [2.24, 2.45) is 0 Å². The predicted octanol–water partition coefficient (Wildman–Crippen LogP) is 2.69. The van der Waals surface area contributed by atoms with Crippen molar-refractivity contribution in [1.29, 1.82) is 0 Å². The summed E-state index contributed by atoms with van der Waals surface area (Å²) in [5.41, 5.74) is 1.52. The Morgan fingerprint density at radius 3 is 2.54 bits per heavy atom. The zero-order valence-corrected chi connectivity index (χ0v) is 14.6. The molecule has 5 nitrogen and oxygen atoms in total. The summed E-state index contributed by atoms with van der Waals surface area (Å²) in [5.74, 6) is 0.220. The van der Waals surface area contributed by atoms with Crippen molar-refractivity contribution in [1.82, 2.24) is 5.32 Å². The van der Waals surface area contributed by atoms with E-state index < -0.39 is 0 Å². The summed E-state index contributed by atoms with van der Waals surface area (Å²) in [6, 6.07) is 12.9. The third-order valence-electron chi connectivity index (χ3n) is 4.23. The first-order valence-corrected chi connectivity index (χ1v) is 8.62. The second-order valence-corrected chi connectivity index (χ2v) is 6.20. The molecular weight excluding hydrogens is 335 g/mol. The standard InChI is InChI=1S/C20H21FN2O3/c1-2-26-18-9-7-17(8-10-18)23-13-16(12-20(23)25)22-19(24)11-14-3-5-15(21)6-4-14/h3-10,16H,2,11-13H2,1H3,(H,22,24). The molecule has 1 aliphatic heterocycles. The normalized spacial score (nSPS) is 16.6. The Kier molecular flexibility index (Phi) is 5.51. The number of nitrogens with one attached hydrogen (secondary N) is 1. The Morgan fingerprint density at radius 2 is 1.88 bits per heavy atom. The van der Waals surface area contributed by atoms with Crippen LogP contribution in [-0.4, -0.2) is 31.0 Å². The maximum absolute atomic E-state index is 12.9. The van der Waals surface area contributed by atoms with Gasteiger partial charge in [0, 0.05) is 18.7 Å². The van der Waals surface area contributed by atoms with Gasteiger partial charge in [-0.05, 0) is 48.9 Å². The number of nitrogens with zero attached hydrogens (tertiary/aromatic N) is 1. The Balaban J connectivity index is 1.56. The largest absolute Gasteiger partial charge is 0.494 e. The molecule has 6 heteroatoms. The minimum Gasteiger partial charge on any atom is -0.494 e. The summed E-state index contributed by atoms with van der Waals surface area (Å²) >= 11 is 0. The van der Waals surface area contributed by atoms with E-state index in [-0.39, 0.29) is 36.5 Å². The van der Waals surface area contributed by atoms with Gasteiger partial charge in [0.2, 0.25) is 11.8 Å². The second-order valence-electron chi connectivity index (χ2n) is 6.20. The molecule has 3 rings (SSSR count). The molecule has 1 aliphatic rings. The van der Waals surface area contributed by atoms with Crippen molar-refractivity contribution in [3.05, 3.63) is 59.9 Å². The molecule has 0 spiro atoms. The molecule has 1 N–H and O–H groups in total. The molecule has 2 aromatic carbocycles. The van der Waals surface area contributed by atoms with Crippen molar-refractivity contribution in [3.8, 4) is 5.75 Å². The van der Waals surface area contributed by atoms with Crippen molar-refractivity contribution in [3.63, 3.8) is 0 Å². The molecule has 0 aliphatic carbocycles. The summed E-state index contributed by atoms with van der Waals surface area (Å²) in [6.07, 6.45) is 0.427. The van der Waals surface area contributed by atoms with Gasteiger partial charge in [-0.2, -0.15) is 0 Å². The van der Waals surface area contributed by atoms with Crippen molar-refractivity contribution in [2.75, 3.05) is 18.1 Å². The first-order chi connectivity index (χ1) is 12.5. The van der Waals surface area contributed by atoms with Gasteiger partial charge in [0.25, 0.3) is 0 Å². The summed E-state index contributed by atoms with van der Waals surface area (Å²) < 4.78 is 18.3. The second kappa shape index (κ2) is 7.99. The highest BCUT2D eigenvalue weighted by molar-refractivity contribution is 5.97. The van der Waals surface area contributed by atoms with Crippen LogP contribution in [0.3, 0.4) is 0 Å². The van der Waals surface area contributed by atoms with Crippen LogP contribution in [0.4, 0.5) is 10.1 Å². The van der Waals surface area contributed by atoms with Gasteiger partial charge >= 0.3 is 0 Å². The molecule has 1 atom stereocenters. The van der Waals surface area contributed by atoms with E-state index in [1.165, 1.54) is 12.1 Å². The molecule has 1 fully saturated rings. The highest BCUT2D eigenvalue weighted by Gasteiger charge is 2.31. The fraction of sp³-hybridized carbons (Fsp3) is 0.300. The van der Waals surface area contributed by atoms with E-state index >= 15 is 0 Å². The molecule has 26 heavy (non-hydrogen) atoms. The third-order valence-corrected chi connectivity index (χ3v) is 4.23. The molecule has 1 heterocycles. The van der Waals surface area contributed by atoms with Crippen molar-refractivity contribution < 1.29 is 18.7 Å². The number of amides is 2. The van der Waals surface area contributed by atoms with Crippen molar-refractivity contribution >= 4 is 17.5 Å². The lowest BCUT2D eigenvalue weighted by Gasteiger charge is -2.17. The Labute approximate surface area is 151 Å². The molecule has 1 unspecified atom stereocenters. The monoisotopic (exact) mass is 356 g/mol. The molecule has 2 aromatic rings. The van der Waals surface area contributed by atoms with Crippen LogP contribution < -0.4 is 15.0 Å². The minimum absolute atomic E-state index is 0.0266. The zero-order valence-electron chi connectivity index (χ0n) is 14.6. The zero-order chi connectivity index (χ0) is 18.5. The molecule has 0 bridgehead atoms. The molecule has 0 radical (unpaired) electrons. The van der Waals surface area contributed by atoms with Crippen LogP contribution in [0.5, 0.6) is 5.75 Å². The number of carbonyl (C=O) groups excluding carboxylic acids is 2. The van der Waals surface area contributed by atoms with Gasteiger partial charge in [-0.15, -0.1) is 0 Å². The van der Waals surface area contributed by atoms with Crippen LogP contribution in [0.2, 0.25) is 0 Å². The van der Waals surface area contributed by atoms with Gasteiger partial charge in [-0.3, -0.25) is 9.59 Å². The summed E-state index contributed by atoms with van der Waals surface area (Å²) in [7, 11) is 0. The van der Waals surface area contributed by atoms with Crippen LogP contribution >= 0.6 is 0 Å². The molecule has 0 aromatic heterocycles. The van der Waals surface area contributed by atoms with Gasteiger partial charge in [0.05, 0.1) is 19.1 Å². The lowest BCUT2D eigenvalue weighted by Crippen LogP contribution is -2.38. The van der Waals surface area contributed by atoms with Crippen LogP contribution in [0.15, 0.2) is 48.5 Å². The van der Waals surface area contributed by atoms with E-state index in [4.69, 9.17) is 4.74 Å². The molecule has 1 saturated heterocycles. The highest BCUT2D eigenvalue weighted by Crippen LogP contribution is 2.24. The third kappa shape index (κ3) is 4.39. The minimum atomic E-state index is -0.332. The predicted molar refractivity (Wildman–Crippen MR) is 96.6 cm³/mol. The number of rotatable bonds is 6. The Morgan fingerprint density at radius 1 is 1.19 bits per heavy atom. The molecule has 2 amide bonds. The van der Waals surface area contributed by atoms with Crippen LogP contribution in [0.1, 0.15) is 18.9 Å². The van der Waals surface area contributed by atoms with Gasteiger partial charge < -0.3 is 15.0 Å². The average molecular weight is 356 g/mol. The fourth-order valence-corrected chi connectivity index (χ4v) is 3.01. The first-order valence-electron chi connectivity index (χ1n) is 8.62. The number of carbonyl (C=O) groups is 2. The van der Waals surface area contributed by atoms with Crippen LogP contribution in [-0.2, 0) is 16.0 Å². The Hall–Kier alpha value is -2.89. The highest BCUT2D eigenvalue weighted by atomic mass is 19.1. The quantitative estimate of drug-likeness (QED) is 0.866. The molecule has 0 saturated carbocycles. The number of hydrogen-bond donors (Lipinski definition) is 1. The SMILES string of the molecule is CCOc1ccc(N2CC(NC(=O)Cc3ccc(F)cc3)CC2=O)cc1. The lowest BCUT2D eigenvalue weighted by molar-refractivity contribution is -0.121. The van der Waals surface area contributed by atoms with Crippen LogP contribution in [0.25, 0.3) is 0 Å². The van der Waals surface area contributed by atoms with Gasteiger partial charge in [-0.1, -0.05) is 12.1 Å². The fourth-order valence-electron chi connectivity index (χ4n) is 3.01.